The summed E-state index contributed by atoms with van der Waals surface area (Å²) < 4.78 is 5.35. The first-order valence-electron chi connectivity index (χ1n) is 3.43. The highest BCUT2D eigenvalue weighted by Crippen LogP contribution is 2.32. The Morgan fingerprint density at radius 3 is 3.00 bits per heavy atom. The molecule has 0 spiro atoms. The van der Waals surface area contributed by atoms with E-state index in [1.54, 1.807) is 0 Å². The fourth-order valence-corrected chi connectivity index (χ4v) is 1.23. The van der Waals surface area contributed by atoms with Crippen LogP contribution in [0.5, 0.6) is 5.75 Å². The lowest BCUT2D eigenvalue weighted by Gasteiger charge is -1.96. The van der Waals surface area contributed by atoms with Crippen molar-refractivity contribution in [2.75, 3.05) is 6.61 Å². The van der Waals surface area contributed by atoms with E-state index in [1.165, 1.54) is 5.56 Å². The smallest absolute Gasteiger partial charge is 0.122 e. The van der Waals surface area contributed by atoms with Crippen molar-refractivity contribution in [2.24, 2.45) is 0 Å². The van der Waals surface area contributed by atoms with Crippen molar-refractivity contribution >= 4 is 0 Å². The summed E-state index contributed by atoms with van der Waals surface area (Å²) in [5.41, 5.74) is 1.24. The average molecular weight is 133 g/mol. The number of para-hydroxylation sites is 1. The lowest BCUT2D eigenvalue weighted by molar-refractivity contribution is 0.344. The predicted molar refractivity (Wildman–Crippen MR) is 40.0 cm³/mol. The van der Waals surface area contributed by atoms with Crippen molar-refractivity contribution in [3.05, 3.63) is 36.8 Å². The molecule has 1 nitrogen and oxygen atoms in total. The molecule has 0 aliphatic carbocycles. The van der Waals surface area contributed by atoms with Crippen molar-refractivity contribution in [3.8, 4) is 5.75 Å². The van der Waals surface area contributed by atoms with Gasteiger partial charge in [-0.3, -0.25) is 0 Å². The van der Waals surface area contributed by atoms with Gasteiger partial charge in [0.2, 0.25) is 0 Å². The summed E-state index contributed by atoms with van der Waals surface area (Å²) >= 11 is 0. The van der Waals surface area contributed by atoms with Crippen LogP contribution in [0.25, 0.3) is 0 Å². The van der Waals surface area contributed by atoms with Crippen LogP contribution in [0.4, 0.5) is 0 Å². The third kappa shape index (κ3) is 0.703. The van der Waals surface area contributed by atoms with Crippen LogP contribution in [0, 0.1) is 6.92 Å². The maximum Gasteiger partial charge on any atom is 0.122 e. The molecule has 0 saturated carbocycles. The van der Waals surface area contributed by atoms with Gasteiger partial charge in [-0.15, -0.1) is 0 Å². The summed E-state index contributed by atoms with van der Waals surface area (Å²) in [6.07, 6.45) is 0. The van der Waals surface area contributed by atoms with Gasteiger partial charge in [0.05, 0.1) is 6.61 Å². The van der Waals surface area contributed by atoms with E-state index in [0.717, 1.165) is 12.4 Å². The van der Waals surface area contributed by atoms with Crippen LogP contribution in [0.15, 0.2) is 24.3 Å². The molecule has 1 unspecified atom stereocenters. The Morgan fingerprint density at radius 2 is 2.20 bits per heavy atom. The van der Waals surface area contributed by atoms with Crippen molar-refractivity contribution in [2.45, 2.75) is 5.92 Å². The summed E-state index contributed by atoms with van der Waals surface area (Å²) in [6, 6.07) is 8.06. The van der Waals surface area contributed by atoms with Crippen molar-refractivity contribution in [1.82, 2.24) is 0 Å². The van der Waals surface area contributed by atoms with Gasteiger partial charge < -0.3 is 4.74 Å². The molecule has 0 aromatic heterocycles. The van der Waals surface area contributed by atoms with Crippen molar-refractivity contribution in [1.29, 1.82) is 0 Å². The van der Waals surface area contributed by atoms with Gasteiger partial charge in [0.15, 0.2) is 0 Å². The summed E-state index contributed by atoms with van der Waals surface area (Å²) in [5.74, 6) is 1.33. The molecule has 0 saturated heterocycles. The summed E-state index contributed by atoms with van der Waals surface area (Å²) in [6.45, 7) is 4.69. The zero-order valence-corrected chi connectivity index (χ0v) is 5.71. The molecule has 1 aromatic carbocycles. The highest BCUT2D eigenvalue weighted by Gasteiger charge is 2.18. The molecule has 1 aliphatic rings. The number of ether oxygens (including phenoxy) is 1. The maximum atomic E-state index is 5.35. The van der Waals surface area contributed by atoms with E-state index in [0.29, 0.717) is 5.92 Å². The number of benzene rings is 1. The Hall–Kier alpha value is -0.980. The normalized spacial score (nSPS) is 21.9. The van der Waals surface area contributed by atoms with Crippen LogP contribution in [-0.2, 0) is 0 Å². The minimum absolute atomic E-state index is 0.330. The van der Waals surface area contributed by atoms with E-state index >= 15 is 0 Å². The molecule has 0 bridgehead atoms. The van der Waals surface area contributed by atoms with Crippen LogP contribution < -0.4 is 4.74 Å². The molecular formula is C9H9O. The van der Waals surface area contributed by atoms with Crippen LogP contribution in [0.1, 0.15) is 11.5 Å². The van der Waals surface area contributed by atoms with Crippen LogP contribution in [0.2, 0.25) is 0 Å². The van der Waals surface area contributed by atoms with Gasteiger partial charge in [-0.25, -0.2) is 0 Å². The number of hydrogen-bond donors (Lipinski definition) is 0. The molecule has 1 heteroatoms. The maximum absolute atomic E-state index is 5.35. The molecule has 0 fully saturated rings. The first-order valence-corrected chi connectivity index (χ1v) is 3.43. The van der Waals surface area contributed by atoms with E-state index in [-0.39, 0.29) is 0 Å². The number of fused-ring (bicyclic) bond motifs is 1. The molecule has 1 aliphatic heterocycles. The minimum Gasteiger partial charge on any atom is -0.493 e. The van der Waals surface area contributed by atoms with Crippen LogP contribution in [0.3, 0.4) is 0 Å². The fourth-order valence-electron chi connectivity index (χ4n) is 1.23. The first kappa shape index (κ1) is 5.78. The minimum atomic E-state index is 0.330. The molecule has 0 amide bonds. The highest BCUT2D eigenvalue weighted by molar-refractivity contribution is 5.39. The lowest BCUT2D eigenvalue weighted by atomic mass is 10.0. The summed E-state index contributed by atoms with van der Waals surface area (Å²) in [4.78, 5) is 0. The average Bonchev–Trinajstić information content (AvgIpc) is 2.34. The third-order valence-corrected chi connectivity index (χ3v) is 1.80. The van der Waals surface area contributed by atoms with Crippen molar-refractivity contribution in [3.63, 3.8) is 0 Å². The fraction of sp³-hybridized carbons (Fsp3) is 0.222. The second kappa shape index (κ2) is 2.01. The monoisotopic (exact) mass is 133 g/mol. The van der Waals surface area contributed by atoms with Gasteiger partial charge in [0, 0.05) is 11.5 Å². The van der Waals surface area contributed by atoms with E-state index in [1.807, 2.05) is 18.2 Å². The molecule has 51 valence electrons. The van der Waals surface area contributed by atoms with Gasteiger partial charge in [0.25, 0.3) is 0 Å². The predicted octanol–water partition coefficient (Wildman–Crippen LogP) is 2.00. The van der Waals surface area contributed by atoms with E-state index in [4.69, 9.17) is 4.74 Å². The third-order valence-electron chi connectivity index (χ3n) is 1.80. The van der Waals surface area contributed by atoms with E-state index < -0.39 is 0 Å². The Balaban J connectivity index is 2.51. The molecular weight excluding hydrogens is 124 g/mol. The van der Waals surface area contributed by atoms with Gasteiger partial charge >= 0.3 is 0 Å². The molecule has 1 radical (unpaired) electrons. The largest absolute Gasteiger partial charge is 0.493 e. The summed E-state index contributed by atoms with van der Waals surface area (Å²) in [7, 11) is 0. The highest BCUT2D eigenvalue weighted by atomic mass is 16.5. The van der Waals surface area contributed by atoms with Gasteiger partial charge in [-0.2, -0.15) is 0 Å². The van der Waals surface area contributed by atoms with E-state index in [2.05, 4.69) is 13.0 Å². The quantitative estimate of drug-likeness (QED) is 0.526. The SMILES string of the molecule is [CH2]C1COc2ccccc21. The second-order valence-electron chi connectivity index (χ2n) is 2.55. The Morgan fingerprint density at radius 1 is 1.40 bits per heavy atom. The standard InChI is InChI=1S/C9H9O/c1-7-6-10-9-5-3-2-4-8(7)9/h2-5,7H,1,6H2. The zero-order chi connectivity index (χ0) is 6.97. The van der Waals surface area contributed by atoms with Gasteiger partial charge in [0.1, 0.15) is 5.75 Å². The van der Waals surface area contributed by atoms with Crippen LogP contribution in [-0.4, -0.2) is 6.61 Å². The topological polar surface area (TPSA) is 9.23 Å². The Bertz CT molecular complexity index is 242. The molecule has 10 heavy (non-hydrogen) atoms. The molecule has 1 aromatic rings. The number of rotatable bonds is 0. The van der Waals surface area contributed by atoms with Crippen molar-refractivity contribution < 1.29 is 4.74 Å². The first-order chi connectivity index (χ1) is 4.88. The summed E-state index contributed by atoms with van der Waals surface area (Å²) in [5, 5.41) is 0. The van der Waals surface area contributed by atoms with Gasteiger partial charge in [-0.1, -0.05) is 18.2 Å². The Labute approximate surface area is 60.6 Å². The van der Waals surface area contributed by atoms with Crippen LogP contribution >= 0.6 is 0 Å². The molecule has 1 atom stereocenters. The second-order valence-corrected chi connectivity index (χ2v) is 2.55. The lowest BCUT2D eigenvalue weighted by Crippen LogP contribution is -1.93. The van der Waals surface area contributed by atoms with Gasteiger partial charge in [-0.05, 0) is 13.0 Å². The Kier molecular flexibility index (Phi) is 1.16. The molecule has 1 heterocycles. The molecule has 2 rings (SSSR count). The zero-order valence-electron chi connectivity index (χ0n) is 5.71. The van der Waals surface area contributed by atoms with E-state index in [9.17, 15) is 0 Å². The number of hydrogen-bond acceptors (Lipinski definition) is 1. The molecule has 0 N–H and O–H groups in total.